The van der Waals surface area contributed by atoms with E-state index >= 15 is 0 Å². The average Bonchev–Trinajstić information content (AvgIpc) is 2.89. The fourth-order valence-electron chi connectivity index (χ4n) is 7.11. The van der Waals surface area contributed by atoms with Crippen molar-refractivity contribution in [3.63, 3.8) is 0 Å². The van der Waals surface area contributed by atoms with Crippen LogP contribution in [0.25, 0.3) is 0 Å². The highest BCUT2D eigenvalue weighted by molar-refractivity contribution is 5.43. The summed E-state index contributed by atoms with van der Waals surface area (Å²) in [5.41, 5.74) is -0.733. The summed E-state index contributed by atoms with van der Waals surface area (Å²) in [6.07, 6.45) is 12.8. The van der Waals surface area contributed by atoms with Crippen LogP contribution >= 0.6 is 0 Å². The highest BCUT2D eigenvalue weighted by atomic mass is 19.3. The van der Waals surface area contributed by atoms with Gasteiger partial charge < -0.3 is 14.2 Å². The third kappa shape index (κ3) is 6.90. The number of hydrogen-bond acceptors (Lipinski definition) is 3. The molecule has 3 fully saturated rings. The second-order valence-corrected chi connectivity index (χ2v) is 11.4. The Morgan fingerprint density at radius 1 is 0.806 bits per heavy atom. The van der Waals surface area contributed by atoms with Crippen LogP contribution in [0.5, 0.6) is 11.5 Å². The van der Waals surface area contributed by atoms with E-state index in [4.69, 9.17) is 14.2 Å². The SMILES string of the molecule is CCCC1CCC(C2CCC(C3CCC(COc4ccc(OCC)c(C(F)F)c4F)OC3)CC2)CC1. The summed E-state index contributed by atoms with van der Waals surface area (Å²) in [6, 6.07) is 2.72. The summed E-state index contributed by atoms with van der Waals surface area (Å²) in [5, 5.41) is 0. The van der Waals surface area contributed by atoms with E-state index in [-0.39, 0.29) is 30.8 Å². The molecule has 4 rings (SSSR count). The molecular formula is C30H45F3O3. The second-order valence-electron chi connectivity index (χ2n) is 11.4. The normalized spacial score (nSPS) is 31.4. The number of rotatable bonds is 10. The summed E-state index contributed by atoms with van der Waals surface area (Å²) < 4.78 is 58.3. The minimum absolute atomic E-state index is 0.128. The topological polar surface area (TPSA) is 27.7 Å². The molecule has 0 bridgehead atoms. The van der Waals surface area contributed by atoms with E-state index in [1.807, 2.05) is 0 Å². The van der Waals surface area contributed by atoms with Crippen LogP contribution in [-0.2, 0) is 4.74 Å². The van der Waals surface area contributed by atoms with E-state index in [2.05, 4.69) is 6.92 Å². The molecule has 1 aromatic carbocycles. The molecule has 3 aliphatic rings. The van der Waals surface area contributed by atoms with Crippen LogP contribution in [0.2, 0.25) is 0 Å². The maximum Gasteiger partial charge on any atom is 0.270 e. The summed E-state index contributed by atoms with van der Waals surface area (Å²) in [6.45, 7) is 5.08. The van der Waals surface area contributed by atoms with E-state index < -0.39 is 17.8 Å². The molecule has 0 N–H and O–H groups in total. The van der Waals surface area contributed by atoms with Crippen molar-refractivity contribution in [3.05, 3.63) is 23.5 Å². The van der Waals surface area contributed by atoms with Crippen LogP contribution in [0.4, 0.5) is 13.2 Å². The minimum Gasteiger partial charge on any atom is -0.493 e. The molecule has 1 saturated heterocycles. The monoisotopic (exact) mass is 510 g/mol. The van der Waals surface area contributed by atoms with E-state index in [9.17, 15) is 13.2 Å². The Morgan fingerprint density at radius 3 is 1.94 bits per heavy atom. The maximum absolute atomic E-state index is 14.7. The van der Waals surface area contributed by atoms with Gasteiger partial charge in [-0.05, 0) is 100 Å². The van der Waals surface area contributed by atoms with Crippen molar-refractivity contribution in [2.75, 3.05) is 19.8 Å². The average molecular weight is 511 g/mol. The largest absolute Gasteiger partial charge is 0.493 e. The number of benzene rings is 1. The molecule has 2 atom stereocenters. The summed E-state index contributed by atoms with van der Waals surface area (Å²) in [7, 11) is 0. The Bertz CT molecular complexity index is 793. The summed E-state index contributed by atoms with van der Waals surface area (Å²) in [5.74, 6) is 2.87. The number of hydrogen-bond donors (Lipinski definition) is 0. The lowest BCUT2D eigenvalue weighted by atomic mass is 9.66. The second kappa shape index (κ2) is 13.4. The van der Waals surface area contributed by atoms with Gasteiger partial charge in [-0.15, -0.1) is 0 Å². The fourth-order valence-corrected chi connectivity index (χ4v) is 7.11. The molecule has 0 radical (unpaired) electrons. The van der Waals surface area contributed by atoms with Crippen LogP contribution in [0.15, 0.2) is 12.1 Å². The first-order chi connectivity index (χ1) is 17.5. The molecule has 0 amide bonds. The first-order valence-electron chi connectivity index (χ1n) is 14.5. The Kier molecular flexibility index (Phi) is 10.3. The number of halogens is 3. The van der Waals surface area contributed by atoms with Gasteiger partial charge in [-0.25, -0.2) is 13.2 Å². The lowest BCUT2D eigenvalue weighted by Crippen LogP contribution is -2.36. The molecule has 204 valence electrons. The van der Waals surface area contributed by atoms with Gasteiger partial charge in [0.1, 0.15) is 12.4 Å². The van der Waals surface area contributed by atoms with E-state index in [1.165, 1.54) is 76.3 Å². The van der Waals surface area contributed by atoms with Crippen molar-refractivity contribution in [1.29, 1.82) is 0 Å². The molecule has 1 heterocycles. The zero-order valence-corrected chi connectivity index (χ0v) is 22.2. The lowest BCUT2D eigenvalue weighted by Gasteiger charge is -2.41. The van der Waals surface area contributed by atoms with Gasteiger partial charge in [-0.3, -0.25) is 0 Å². The first kappa shape index (κ1) is 27.6. The van der Waals surface area contributed by atoms with Crippen molar-refractivity contribution in [2.24, 2.45) is 29.6 Å². The zero-order valence-electron chi connectivity index (χ0n) is 22.2. The zero-order chi connectivity index (χ0) is 25.5. The third-order valence-corrected chi connectivity index (χ3v) is 9.19. The van der Waals surface area contributed by atoms with Gasteiger partial charge in [-0.1, -0.05) is 32.6 Å². The summed E-state index contributed by atoms with van der Waals surface area (Å²) in [4.78, 5) is 0. The van der Waals surface area contributed by atoms with Gasteiger partial charge in [0.25, 0.3) is 6.43 Å². The predicted molar refractivity (Wildman–Crippen MR) is 136 cm³/mol. The van der Waals surface area contributed by atoms with Crippen LogP contribution in [0, 0.1) is 35.4 Å². The first-order valence-corrected chi connectivity index (χ1v) is 14.5. The standard InChI is InChI=1S/C30H45F3O3/c1-3-5-20-6-8-21(9-7-20)22-10-12-23(13-11-22)24-14-15-25(35-18-24)19-36-27-17-16-26(34-4-2)28(29(27)31)30(32)33/h16-17,20-25,30H,3-15,18-19H2,1-2H3. The molecule has 0 spiro atoms. The van der Waals surface area contributed by atoms with Crippen LogP contribution < -0.4 is 9.47 Å². The third-order valence-electron chi connectivity index (χ3n) is 9.19. The Morgan fingerprint density at radius 2 is 1.39 bits per heavy atom. The Labute approximate surface area is 215 Å². The Balaban J connectivity index is 1.19. The maximum atomic E-state index is 14.7. The minimum atomic E-state index is -2.96. The van der Waals surface area contributed by atoms with E-state index in [0.29, 0.717) is 5.92 Å². The van der Waals surface area contributed by atoms with Crippen molar-refractivity contribution >= 4 is 0 Å². The van der Waals surface area contributed by atoms with Crippen LogP contribution in [0.3, 0.4) is 0 Å². The predicted octanol–water partition coefficient (Wildman–Crippen LogP) is 8.75. The summed E-state index contributed by atoms with van der Waals surface area (Å²) >= 11 is 0. The molecule has 6 heteroatoms. The van der Waals surface area contributed by atoms with Gasteiger partial charge in [0.2, 0.25) is 0 Å². The molecule has 0 aromatic heterocycles. The Hall–Kier alpha value is -1.43. The van der Waals surface area contributed by atoms with Gasteiger partial charge in [0, 0.05) is 0 Å². The van der Waals surface area contributed by atoms with Crippen molar-refractivity contribution in [3.8, 4) is 11.5 Å². The van der Waals surface area contributed by atoms with Gasteiger partial charge in [-0.2, -0.15) is 0 Å². The van der Waals surface area contributed by atoms with E-state index in [1.54, 1.807) is 6.92 Å². The van der Waals surface area contributed by atoms with Crippen LogP contribution in [-0.4, -0.2) is 25.9 Å². The van der Waals surface area contributed by atoms with Gasteiger partial charge in [0.15, 0.2) is 11.6 Å². The molecule has 1 aromatic rings. The van der Waals surface area contributed by atoms with Gasteiger partial charge >= 0.3 is 0 Å². The van der Waals surface area contributed by atoms with Crippen molar-refractivity contribution in [1.82, 2.24) is 0 Å². The van der Waals surface area contributed by atoms with Crippen molar-refractivity contribution in [2.45, 2.75) is 103 Å². The van der Waals surface area contributed by atoms with Crippen molar-refractivity contribution < 1.29 is 27.4 Å². The number of alkyl halides is 2. The molecule has 2 saturated carbocycles. The molecule has 36 heavy (non-hydrogen) atoms. The molecule has 1 aliphatic heterocycles. The molecule has 2 aliphatic carbocycles. The van der Waals surface area contributed by atoms with Gasteiger partial charge in [0.05, 0.1) is 24.9 Å². The smallest absolute Gasteiger partial charge is 0.270 e. The fraction of sp³-hybridized carbons (Fsp3) is 0.800. The molecular weight excluding hydrogens is 465 g/mol. The highest BCUT2D eigenvalue weighted by Gasteiger charge is 2.35. The van der Waals surface area contributed by atoms with Crippen LogP contribution in [0.1, 0.15) is 103 Å². The highest BCUT2D eigenvalue weighted by Crippen LogP contribution is 2.45. The molecule has 3 nitrogen and oxygen atoms in total. The van der Waals surface area contributed by atoms with E-state index in [0.717, 1.165) is 43.1 Å². The quantitative estimate of drug-likeness (QED) is 0.315. The lowest BCUT2D eigenvalue weighted by molar-refractivity contribution is -0.0576. The number of ether oxygens (including phenoxy) is 3. The molecule has 2 unspecified atom stereocenters.